The molecule has 2 aromatic heterocycles. The van der Waals surface area contributed by atoms with Crippen LogP contribution in [0, 0.1) is 11.7 Å². The van der Waals surface area contributed by atoms with Crippen LogP contribution in [0.3, 0.4) is 0 Å². The van der Waals surface area contributed by atoms with Gasteiger partial charge in [-0.05, 0) is 62.0 Å². The summed E-state index contributed by atoms with van der Waals surface area (Å²) in [5.74, 6) is -0.795. The number of hydrogen-bond acceptors (Lipinski definition) is 7. The number of halogens is 1. The van der Waals surface area contributed by atoms with E-state index in [1.807, 2.05) is 26.0 Å². The molecule has 4 aromatic rings. The number of rotatable bonds is 6. The van der Waals surface area contributed by atoms with Crippen molar-refractivity contribution >= 4 is 57.9 Å². The number of benzene rings is 2. The first-order valence-corrected chi connectivity index (χ1v) is 12.9. The molecule has 0 aliphatic rings. The van der Waals surface area contributed by atoms with Crippen molar-refractivity contribution in [3.8, 4) is 5.13 Å². The Morgan fingerprint density at radius 3 is 2.56 bits per heavy atom. The predicted molar refractivity (Wildman–Crippen MR) is 145 cm³/mol. The number of thiazole rings is 1. The highest BCUT2D eigenvalue weighted by molar-refractivity contribution is 7.71. The molecule has 0 atom stereocenters. The molecule has 8 nitrogen and oxygen atoms in total. The minimum Gasteiger partial charge on any atom is -0.462 e. The van der Waals surface area contributed by atoms with Crippen LogP contribution in [-0.2, 0) is 11.3 Å². The second-order valence-electron chi connectivity index (χ2n) is 7.27. The Bertz CT molecular complexity index is 1520. The Morgan fingerprint density at radius 1 is 1.19 bits per heavy atom. The number of hydrogen-bond donors (Lipinski definition) is 2. The number of aromatic nitrogens is 3. The van der Waals surface area contributed by atoms with E-state index in [-0.39, 0.29) is 22.4 Å². The first-order valence-electron chi connectivity index (χ1n) is 11.2. The summed E-state index contributed by atoms with van der Waals surface area (Å²) in [6, 6.07) is 11.9. The van der Waals surface area contributed by atoms with Crippen LogP contribution in [0.4, 0.5) is 0 Å². The summed E-state index contributed by atoms with van der Waals surface area (Å²) >= 11 is 12.3. The molecule has 0 fully saturated rings. The summed E-state index contributed by atoms with van der Waals surface area (Å²) in [6.07, 6.45) is 0. The molecule has 0 unspecified atom stereocenters. The SMILES string of the molecule is CC.CCOC(=O)c1sc(-n2c(=S)[nH]c3cc(C(=O)NCc4ccc(Cl)cc4)ccc3c2=O)nc1C. The fourth-order valence-corrected chi connectivity index (χ4v) is 4.71. The molecule has 0 aliphatic heterocycles. The monoisotopic (exact) mass is 544 g/mol. The Morgan fingerprint density at radius 2 is 1.89 bits per heavy atom. The first-order chi connectivity index (χ1) is 17.3. The van der Waals surface area contributed by atoms with Gasteiger partial charge < -0.3 is 15.0 Å². The van der Waals surface area contributed by atoms with Crippen LogP contribution in [0.1, 0.15) is 52.1 Å². The maximum atomic E-state index is 13.2. The zero-order valence-electron chi connectivity index (χ0n) is 20.2. The largest absolute Gasteiger partial charge is 0.462 e. The molecule has 0 spiro atoms. The van der Waals surface area contributed by atoms with E-state index in [9.17, 15) is 14.4 Å². The Balaban J connectivity index is 0.00000176. The van der Waals surface area contributed by atoms with E-state index in [2.05, 4.69) is 15.3 Å². The zero-order chi connectivity index (χ0) is 26.4. The second-order valence-corrected chi connectivity index (χ2v) is 9.07. The summed E-state index contributed by atoms with van der Waals surface area (Å²) in [6.45, 7) is 7.94. The van der Waals surface area contributed by atoms with Gasteiger partial charge in [-0.15, -0.1) is 0 Å². The molecule has 4 rings (SSSR count). The maximum absolute atomic E-state index is 13.2. The third-order valence-corrected chi connectivity index (χ3v) is 6.62. The average Bonchev–Trinajstić information content (AvgIpc) is 3.25. The quantitative estimate of drug-likeness (QED) is 0.242. The number of nitrogens with zero attached hydrogens (tertiary/aromatic N) is 2. The van der Waals surface area contributed by atoms with E-state index in [1.54, 1.807) is 44.2 Å². The van der Waals surface area contributed by atoms with Gasteiger partial charge in [-0.1, -0.05) is 48.9 Å². The van der Waals surface area contributed by atoms with Gasteiger partial charge in [-0.3, -0.25) is 9.59 Å². The van der Waals surface area contributed by atoms with Gasteiger partial charge in [-0.25, -0.2) is 14.3 Å². The van der Waals surface area contributed by atoms with Crippen molar-refractivity contribution in [2.24, 2.45) is 0 Å². The first kappa shape index (κ1) is 27.3. The third kappa shape index (κ3) is 5.89. The van der Waals surface area contributed by atoms with Gasteiger partial charge in [0.2, 0.25) is 0 Å². The highest BCUT2D eigenvalue weighted by Crippen LogP contribution is 2.23. The molecule has 2 aromatic carbocycles. The highest BCUT2D eigenvalue weighted by Gasteiger charge is 2.19. The molecule has 2 heterocycles. The van der Waals surface area contributed by atoms with Crippen molar-refractivity contribution in [1.82, 2.24) is 19.9 Å². The van der Waals surface area contributed by atoms with Crippen LogP contribution in [0.2, 0.25) is 5.02 Å². The number of H-pyrrole nitrogens is 1. The summed E-state index contributed by atoms with van der Waals surface area (Å²) in [4.78, 5) is 45.6. The number of fused-ring (bicyclic) bond motifs is 1. The number of nitrogens with one attached hydrogen (secondary N) is 2. The van der Waals surface area contributed by atoms with Crippen LogP contribution >= 0.6 is 35.2 Å². The van der Waals surface area contributed by atoms with Crippen molar-refractivity contribution < 1.29 is 14.3 Å². The van der Waals surface area contributed by atoms with Gasteiger partial charge in [0, 0.05) is 17.1 Å². The van der Waals surface area contributed by atoms with Gasteiger partial charge in [0.25, 0.3) is 11.5 Å². The molecule has 0 bridgehead atoms. The molecule has 36 heavy (non-hydrogen) atoms. The molecule has 0 radical (unpaired) electrons. The lowest BCUT2D eigenvalue weighted by molar-refractivity contribution is 0.0531. The van der Waals surface area contributed by atoms with Gasteiger partial charge in [0.1, 0.15) is 4.88 Å². The summed E-state index contributed by atoms with van der Waals surface area (Å²) in [7, 11) is 0. The number of esters is 1. The number of amides is 1. The lowest BCUT2D eigenvalue weighted by Gasteiger charge is -2.08. The fourth-order valence-electron chi connectivity index (χ4n) is 3.28. The van der Waals surface area contributed by atoms with E-state index in [0.29, 0.717) is 38.6 Å². The molecule has 0 saturated carbocycles. The molecule has 11 heteroatoms. The van der Waals surface area contributed by atoms with Crippen molar-refractivity contribution in [3.05, 3.63) is 84.3 Å². The topological polar surface area (TPSA) is 106 Å². The van der Waals surface area contributed by atoms with Gasteiger partial charge in [0.15, 0.2) is 9.90 Å². The Labute approximate surface area is 221 Å². The van der Waals surface area contributed by atoms with Crippen LogP contribution < -0.4 is 10.9 Å². The Hall–Kier alpha value is -3.34. The van der Waals surface area contributed by atoms with E-state index < -0.39 is 11.5 Å². The van der Waals surface area contributed by atoms with Crippen LogP contribution in [0.15, 0.2) is 47.3 Å². The molecule has 1 amide bonds. The van der Waals surface area contributed by atoms with Gasteiger partial charge in [-0.2, -0.15) is 0 Å². The minimum absolute atomic E-state index is 0.0976. The number of carbonyl (C=O) groups excluding carboxylic acids is 2. The normalized spacial score (nSPS) is 10.5. The third-order valence-electron chi connectivity index (χ3n) is 4.96. The maximum Gasteiger partial charge on any atom is 0.350 e. The number of aryl methyl sites for hydroxylation is 1. The smallest absolute Gasteiger partial charge is 0.350 e. The van der Waals surface area contributed by atoms with Crippen molar-refractivity contribution in [1.29, 1.82) is 0 Å². The molecule has 2 N–H and O–H groups in total. The predicted octanol–water partition coefficient (Wildman–Crippen LogP) is 5.60. The van der Waals surface area contributed by atoms with E-state index in [1.165, 1.54) is 4.57 Å². The zero-order valence-corrected chi connectivity index (χ0v) is 22.6. The summed E-state index contributed by atoms with van der Waals surface area (Å²) in [5, 5.41) is 4.05. The van der Waals surface area contributed by atoms with Crippen LogP contribution in [0.25, 0.3) is 16.0 Å². The summed E-state index contributed by atoms with van der Waals surface area (Å²) < 4.78 is 6.38. The van der Waals surface area contributed by atoms with Crippen LogP contribution in [0.5, 0.6) is 0 Å². The van der Waals surface area contributed by atoms with Crippen LogP contribution in [-0.4, -0.2) is 33.0 Å². The lowest BCUT2D eigenvalue weighted by Crippen LogP contribution is -2.24. The van der Waals surface area contributed by atoms with E-state index in [4.69, 9.17) is 28.6 Å². The molecular formula is C25H25ClN4O4S2. The van der Waals surface area contributed by atoms with E-state index in [0.717, 1.165) is 16.9 Å². The molecular weight excluding hydrogens is 520 g/mol. The minimum atomic E-state index is -0.498. The standard InChI is InChI=1S/C23H19ClN4O4S2.C2H6/c1-3-32-21(31)18-12(2)26-23(34-18)28-20(30)16-9-6-14(10-17(16)27-22(28)33)19(29)25-11-13-4-7-15(24)8-5-13;1-2/h4-10H,3,11H2,1-2H3,(H,25,29)(H,27,33);1-2H3. The van der Waals surface area contributed by atoms with Crippen molar-refractivity contribution in [3.63, 3.8) is 0 Å². The van der Waals surface area contributed by atoms with Gasteiger partial charge in [0.05, 0.1) is 23.2 Å². The number of aromatic amines is 1. The Kier molecular flexibility index (Phi) is 9.14. The fraction of sp³-hybridized carbons (Fsp3) is 0.240. The van der Waals surface area contributed by atoms with E-state index >= 15 is 0 Å². The summed E-state index contributed by atoms with van der Waals surface area (Å²) in [5.41, 5.74) is 1.74. The lowest BCUT2D eigenvalue weighted by atomic mass is 10.1. The molecule has 0 saturated heterocycles. The number of carbonyl (C=O) groups is 2. The highest BCUT2D eigenvalue weighted by atomic mass is 35.5. The van der Waals surface area contributed by atoms with Crippen molar-refractivity contribution in [2.45, 2.75) is 34.2 Å². The molecule has 0 aliphatic carbocycles. The van der Waals surface area contributed by atoms with Crippen molar-refractivity contribution in [2.75, 3.05) is 6.61 Å². The average molecular weight is 545 g/mol. The molecule has 188 valence electrons. The number of ether oxygens (including phenoxy) is 1. The second kappa shape index (κ2) is 12.1. The van der Waals surface area contributed by atoms with Gasteiger partial charge >= 0.3 is 5.97 Å².